The van der Waals surface area contributed by atoms with E-state index >= 15 is 0 Å². The molecule has 7 heteroatoms. The molecular weight excluding hydrogens is 334 g/mol. The first kappa shape index (κ1) is 15.9. The van der Waals surface area contributed by atoms with Crippen molar-refractivity contribution in [3.05, 3.63) is 32.3 Å². The number of nitrogens with two attached hydrogens (primary N) is 1. The normalized spacial score (nSPS) is 12.6. The summed E-state index contributed by atoms with van der Waals surface area (Å²) in [7, 11) is 0. The van der Waals surface area contributed by atoms with Gasteiger partial charge in [-0.25, -0.2) is 4.99 Å². The lowest BCUT2D eigenvalue weighted by atomic mass is 9.86. The van der Waals surface area contributed by atoms with Crippen molar-refractivity contribution in [1.82, 2.24) is 0 Å². The summed E-state index contributed by atoms with van der Waals surface area (Å²) in [5, 5.41) is 11.2. The minimum absolute atomic E-state index is 0.0185. The summed E-state index contributed by atoms with van der Waals surface area (Å²) in [5.74, 6) is 0.152. The third-order valence-electron chi connectivity index (χ3n) is 2.50. The number of hydrogen-bond acceptors (Lipinski definition) is 3. The van der Waals surface area contributed by atoms with E-state index in [2.05, 4.69) is 20.9 Å². The second-order valence-electron chi connectivity index (χ2n) is 5.07. The lowest BCUT2D eigenvalue weighted by molar-refractivity contribution is -0.384. The minimum Gasteiger partial charge on any atom is -0.386 e. The van der Waals surface area contributed by atoms with Crippen LogP contribution < -0.4 is 5.73 Å². The lowest BCUT2D eigenvalue weighted by Crippen LogP contribution is -2.13. The first-order valence-electron chi connectivity index (χ1n) is 5.54. The zero-order chi connectivity index (χ0) is 14.8. The highest BCUT2D eigenvalue weighted by atomic mass is 79.9. The van der Waals surface area contributed by atoms with E-state index in [0.717, 1.165) is 5.56 Å². The predicted octanol–water partition coefficient (Wildman–Crippen LogP) is 3.88. The van der Waals surface area contributed by atoms with Gasteiger partial charge in [0.1, 0.15) is 5.84 Å². The van der Waals surface area contributed by atoms with Crippen LogP contribution in [0.5, 0.6) is 0 Å². The van der Waals surface area contributed by atoms with Gasteiger partial charge in [0, 0.05) is 6.07 Å². The number of hydrogen-bond donors (Lipinski definition) is 1. The monoisotopic (exact) mass is 347 g/mol. The number of nitro groups is 1. The Hall–Kier alpha value is -1.14. The molecule has 0 radical (unpaired) electrons. The average molecular weight is 349 g/mol. The summed E-state index contributed by atoms with van der Waals surface area (Å²) in [5.41, 5.74) is 6.28. The van der Waals surface area contributed by atoms with Crippen LogP contribution in [0, 0.1) is 10.1 Å². The van der Waals surface area contributed by atoms with Crippen LogP contribution in [0.4, 0.5) is 11.4 Å². The summed E-state index contributed by atoms with van der Waals surface area (Å²) in [6.45, 7) is 5.94. The van der Waals surface area contributed by atoms with Crippen LogP contribution in [0.25, 0.3) is 0 Å². The molecule has 0 atom stereocenters. The van der Waals surface area contributed by atoms with Gasteiger partial charge in [0.15, 0.2) is 5.69 Å². The number of rotatable bonds is 3. The molecule has 104 valence electrons. The zero-order valence-corrected chi connectivity index (χ0v) is 13.2. The number of nitro benzene ring substituents is 1. The Bertz CT molecular complexity index is 539. The van der Waals surface area contributed by atoms with Crippen LogP contribution in [0.15, 0.2) is 21.6 Å². The molecule has 0 aromatic heterocycles. The Labute approximate surface area is 125 Å². The van der Waals surface area contributed by atoms with Crippen molar-refractivity contribution in [1.29, 1.82) is 0 Å². The SMILES string of the molecule is CC(C)(C)c1cc(Br)c(N=C(N)CCl)c([N+](=O)[O-])c1. The molecule has 0 heterocycles. The van der Waals surface area contributed by atoms with Gasteiger partial charge in [-0.05, 0) is 33.0 Å². The summed E-state index contributed by atoms with van der Waals surface area (Å²) in [6, 6.07) is 3.33. The van der Waals surface area contributed by atoms with E-state index in [1.165, 1.54) is 6.07 Å². The quantitative estimate of drug-likeness (QED) is 0.296. The fraction of sp³-hybridized carbons (Fsp3) is 0.417. The second-order valence-corrected chi connectivity index (χ2v) is 6.19. The van der Waals surface area contributed by atoms with Crippen LogP contribution in [0.1, 0.15) is 26.3 Å². The first-order valence-corrected chi connectivity index (χ1v) is 6.87. The molecule has 0 aliphatic rings. The van der Waals surface area contributed by atoms with Crippen molar-refractivity contribution < 1.29 is 4.92 Å². The molecule has 19 heavy (non-hydrogen) atoms. The lowest BCUT2D eigenvalue weighted by Gasteiger charge is -2.19. The van der Waals surface area contributed by atoms with Gasteiger partial charge in [-0.2, -0.15) is 0 Å². The number of amidine groups is 1. The molecule has 0 saturated carbocycles. The maximum absolute atomic E-state index is 11.2. The number of alkyl halides is 1. The Kier molecular flexibility index (Phi) is 4.92. The molecule has 0 aliphatic carbocycles. The minimum atomic E-state index is -0.472. The van der Waals surface area contributed by atoms with Crippen molar-refractivity contribution in [2.45, 2.75) is 26.2 Å². The molecule has 0 saturated heterocycles. The van der Waals surface area contributed by atoms with E-state index in [1.54, 1.807) is 0 Å². The Morgan fingerprint density at radius 2 is 2.11 bits per heavy atom. The Morgan fingerprint density at radius 3 is 2.53 bits per heavy atom. The molecule has 0 amide bonds. The van der Waals surface area contributed by atoms with Crippen LogP contribution in [0.2, 0.25) is 0 Å². The molecule has 0 aliphatic heterocycles. The maximum Gasteiger partial charge on any atom is 0.296 e. The third-order valence-corrected chi connectivity index (χ3v) is 3.38. The largest absolute Gasteiger partial charge is 0.386 e. The molecule has 5 nitrogen and oxygen atoms in total. The second kappa shape index (κ2) is 5.88. The van der Waals surface area contributed by atoms with Crippen LogP contribution in [0.3, 0.4) is 0 Å². The summed E-state index contributed by atoms with van der Waals surface area (Å²) >= 11 is 8.86. The molecule has 0 spiro atoms. The van der Waals surface area contributed by atoms with Gasteiger partial charge >= 0.3 is 0 Å². The third kappa shape index (κ3) is 3.91. The zero-order valence-electron chi connectivity index (χ0n) is 10.9. The van der Waals surface area contributed by atoms with Gasteiger partial charge in [0.2, 0.25) is 0 Å². The molecular formula is C12H15BrClN3O2. The molecule has 1 aromatic carbocycles. The van der Waals surface area contributed by atoms with Crippen molar-refractivity contribution in [3.63, 3.8) is 0 Å². The number of benzene rings is 1. The van der Waals surface area contributed by atoms with E-state index in [0.29, 0.717) is 4.47 Å². The van der Waals surface area contributed by atoms with Crippen LogP contribution >= 0.6 is 27.5 Å². The molecule has 0 bridgehead atoms. The smallest absolute Gasteiger partial charge is 0.296 e. The standard InChI is InChI=1S/C12H15BrClN3O2/c1-12(2,3)7-4-8(13)11(16-10(15)6-14)9(5-7)17(18)19/h4-5H,6H2,1-3H3,(H2,15,16). The predicted molar refractivity (Wildman–Crippen MR) is 81.5 cm³/mol. The Balaban J connectivity index is 3.53. The number of aliphatic imine (C=N–C) groups is 1. The molecule has 1 aromatic rings. The number of halogens is 2. The highest BCUT2D eigenvalue weighted by Gasteiger charge is 2.23. The van der Waals surface area contributed by atoms with E-state index in [1.807, 2.05) is 26.8 Å². The van der Waals surface area contributed by atoms with Gasteiger partial charge in [-0.3, -0.25) is 10.1 Å². The van der Waals surface area contributed by atoms with Gasteiger partial charge in [-0.15, -0.1) is 11.6 Å². The highest BCUT2D eigenvalue weighted by molar-refractivity contribution is 9.10. The van der Waals surface area contributed by atoms with E-state index in [9.17, 15) is 10.1 Å². The fourth-order valence-corrected chi connectivity index (χ4v) is 2.04. The van der Waals surface area contributed by atoms with Crippen LogP contribution in [-0.4, -0.2) is 16.6 Å². The van der Waals surface area contributed by atoms with Crippen LogP contribution in [-0.2, 0) is 5.41 Å². The highest BCUT2D eigenvalue weighted by Crippen LogP contribution is 2.39. The fourth-order valence-electron chi connectivity index (χ4n) is 1.44. The van der Waals surface area contributed by atoms with Crippen molar-refractivity contribution in [2.75, 3.05) is 5.88 Å². The summed E-state index contributed by atoms with van der Waals surface area (Å²) < 4.78 is 0.527. The summed E-state index contributed by atoms with van der Waals surface area (Å²) in [6.07, 6.45) is 0. The topological polar surface area (TPSA) is 81.5 Å². The van der Waals surface area contributed by atoms with E-state index in [-0.39, 0.29) is 28.5 Å². The molecule has 1 rings (SSSR count). The first-order chi connectivity index (χ1) is 8.66. The van der Waals surface area contributed by atoms with Crippen molar-refractivity contribution in [2.24, 2.45) is 10.7 Å². The van der Waals surface area contributed by atoms with E-state index < -0.39 is 4.92 Å². The van der Waals surface area contributed by atoms with E-state index in [4.69, 9.17) is 17.3 Å². The molecule has 0 unspecified atom stereocenters. The van der Waals surface area contributed by atoms with Crippen molar-refractivity contribution >= 4 is 44.7 Å². The Morgan fingerprint density at radius 1 is 1.53 bits per heavy atom. The van der Waals surface area contributed by atoms with Crippen molar-refractivity contribution in [3.8, 4) is 0 Å². The van der Waals surface area contributed by atoms with Gasteiger partial charge in [-0.1, -0.05) is 20.8 Å². The average Bonchev–Trinajstić information content (AvgIpc) is 2.29. The van der Waals surface area contributed by atoms with Gasteiger partial charge in [0.05, 0.1) is 15.3 Å². The van der Waals surface area contributed by atoms with Gasteiger partial charge < -0.3 is 5.73 Å². The molecule has 0 fully saturated rings. The van der Waals surface area contributed by atoms with Gasteiger partial charge in [0.25, 0.3) is 5.69 Å². The maximum atomic E-state index is 11.2. The number of nitrogens with zero attached hydrogens (tertiary/aromatic N) is 2. The molecule has 2 N–H and O–H groups in total. The summed E-state index contributed by atoms with van der Waals surface area (Å²) in [4.78, 5) is 14.7.